The first kappa shape index (κ1) is 12.8. The van der Waals surface area contributed by atoms with Crippen molar-refractivity contribution in [1.82, 2.24) is 19.8 Å². The van der Waals surface area contributed by atoms with E-state index in [1.807, 2.05) is 0 Å². The van der Waals surface area contributed by atoms with Crippen molar-refractivity contribution < 1.29 is 19.2 Å². The van der Waals surface area contributed by atoms with Gasteiger partial charge in [0.2, 0.25) is 5.82 Å². The number of aromatic amines is 1. The second-order valence-electron chi connectivity index (χ2n) is 4.23. The van der Waals surface area contributed by atoms with Crippen molar-refractivity contribution in [3.05, 3.63) is 51.7 Å². The van der Waals surface area contributed by atoms with Crippen LogP contribution in [0.15, 0.2) is 29.1 Å². The lowest BCUT2D eigenvalue weighted by Crippen LogP contribution is -2.33. The molecule has 9 heteroatoms. The van der Waals surface area contributed by atoms with Crippen LogP contribution in [0.2, 0.25) is 0 Å². The van der Waals surface area contributed by atoms with Crippen LogP contribution in [0.25, 0.3) is 0 Å². The molecule has 0 radical (unpaired) electrons. The largest absolute Gasteiger partial charge is 0.401 e. The predicted molar refractivity (Wildman–Crippen MR) is 66.2 cm³/mol. The summed E-state index contributed by atoms with van der Waals surface area (Å²) in [6.45, 7) is 0. The molecule has 0 saturated heterocycles. The fourth-order valence-corrected chi connectivity index (χ4v) is 1.87. The normalized spacial score (nSPS) is 13.5. The fraction of sp³-hybridized carbons (Fsp3) is 0.0833. The van der Waals surface area contributed by atoms with E-state index in [0.29, 0.717) is 5.06 Å². The minimum atomic E-state index is -1.11. The van der Waals surface area contributed by atoms with Crippen molar-refractivity contribution in [3.63, 3.8) is 0 Å². The highest BCUT2D eigenvalue weighted by Gasteiger charge is 2.39. The van der Waals surface area contributed by atoms with Crippen molar-refractivity contribution in [2.24, 2.45) is 7.05 Å². The summed E-state index contributed by atoms with van der Waals surface area (Å²) in [4.78, 5) is 53.8. The first-order valence-corrected chi connectivity index (χ1v) is 5.82. The van der Waals surface area contributed by atoms with Crippen molar-refractivity contribution in [3.8, 4) is 0 Å². The first-order chi connectivity index (χ1) is 9.99. The number of nitrogens with zero attached hydrogens (tertiary/aromatic N) is 3. The number of imide groups is 1. The van der Waals surface area contributed by atoms with Crippen LogP contribution in [0.4, 0.5) is 0 Å². The number of rotatable bonds is 2. The van der Waals surface area contributed by atoms with E-state index >= 15 is 0 Å². The Morgan fingerprint density at radius 3 is 2.19 bits per heavy atom. The zero-order valence-corrected chi connectivity index (χ0v) is 10.7. The number of hydrogen-bond acceptors (Lipinski definition) is 6. The molecule has 2 amide bonds. The van der Waals surface area contributed by atoms with Crippen LogP contribution in [-0.4, -0.2) is 37.6 Å². The van der Waals surface area contributed by atoms with Gasteiger partial charge in [0.05, 0.1) is 11.1 Å². The van der Waals surface area contributed by atoms with Crippen LogP contribution in [0, 0.1) is 0 Å². The second kappa shape index (κ2) is 4.40. The van der Waals surface area contributed by atoms with Gasteiger partial charge in [-0.2, -0.15) is 0 Å². The summed E-state index contributed by atoms with van der Waals surface area (Å²) in [5.74, 6) is -3.01. The zero-order chi connectivity index (χ0) is 15.1. The van der Waals surface area contributed by atoms with Gasteiger partial charge in [-0.1, -0.05) is 17.2 Å². The Labute approximate surface area is 116 Å². The summed E-state index contributed by atoms with van der Waals surface area (Å²) < 4.78 is 0.888. The standard InChI is InChI=1S/C12H8N4O5/c1-15-12(20)13-8(14-15)11(19)21-16-9(17)6-4-2-3-5-7(6)10(16)18/h2-5H,1H3,(H,13,14,20). The molecule has 1 aliphatic heterocycles. The predicted octanol–water partition coefficient (Wildman–Crippen LogP) is -0.524. The highest BCUT2D eigenvalue weighted by atomic mass is 16.7. The molecule has 0 saturated carbocycles. The first-order valence-electron chi connectivity index (χ1n) is 5.82. The fourth-order valence-electron chi connectivity index (χ4n) is 1.87. The van der Waals surface area contributed by atoms with Crippen LogP contribution in [0.3, 0.4) is 0 Å². The molecule has 1 aliphatic rings. The number of amides is 2. The molecule has 1 N–H and O–H groups in total. The molecule has 106 valence electrons. The molecule has 9 nitrogen and oxygen atoms in total. The lowest BCUT2D eigenvalue weighted by atomic mass is 10.1. The molecule has 0 aliphatic carbocycles. The Morgan fingerprint density at radius 1 is 1.14 bits per heavy atom. The number of aryl methyl sites for hydroxylation is 1. The Kier molecular flexibility index (Phi) is 2.68. The SMILES string of the molecule is Cn1nc(C(=O)ON2C(=O)c3ccccc3C2=O)[nH]c1=O. The Bertz CT molecular complexity index is 799. The molecule has 0 atom stereocenters. The summed E-state index contributed by atoms with van der Waals surface area (Å²) in [6.07, 6.45) is 0. The maximum Gasteiger partial charge on any atom is 0.401 e. The molecule has 3 rings (SSSR count). The van der Waals surface area contributed by atoms with Gasteiger partial charge < -0.3 is 4.84 Å². The number of carbonyl (C=O) groups is 3. The van der Waals surface area contributed by atoms with E-state index in [1.54, 1.807) is 12.1 Å². The van der Waals surface area contributed by atoms with E-state index < -0.39 is 29.3 Å². The van der Waals surface area contributed by atoms with Gasteiger partial charge in [-0.05, 0) is 12.1 Å². The van der Waals surface area contributed by atoms with E-state index in [2.05, 4.69) is 10.1 Å². The number of carbonyl (C=O) groups excluding carboxylic acids is 3. The third-order valence-electron chi connectivity index (χ3n) is 2.89. The molecule has 1 aromatic carbocycles. The molecule has 0 spiro atoms. The number of hydrogen-bond donors (Lipinski definition) is 1. The Balaban J connectivity index is 1.87. The summed E-state index contributed by atoms with van der Waals surface area (Å²) in [5.41, 5.74) is -0.334. The monoisotopic (exact) mass is 288 g/mol. The minimum absolute atomic E-state index is 0.143. The maximum absolute atomic E-state index is 12.0. The van der Waals surface area contributed by atoms with E-state index in [4.69, 9.17) is 4.84 Å². The van der Waals surface area contributed by atoms with Crippen LogP contribution in [-0.2, 0) is 11.9 Å². The molecular weight excluding hydrogens is 280 g/mol. The van der Waals surface area contributed by atoms with Crippen LogP contribution in [0.1, 0.15) is 31.3 Å². The van der Waals surface area contributed by atoms with E-state index in [9.17, 15) is 19.2 Å². The topological polar surface area (TPSA) is 114 Å². The van der Waals surface area contributed by atoms with Crippen molar-refractivity contribution in [1.29, 1.82) is 0 Å². The summed E-state index contributed by atoms with van der Waals surface area (Å²) in [7, 11) is 1.33. The summed E-state index contributed by atoms with van der Waals surface area (Å²) in [5, 5.41) is 3.92. The quantitative estimate of drug-likeness (QED) is 0.743. The third-order valence-corrected chi connectivity index (χ3v) is 2.89. The lowest BCUT2D eigenvalue weighted by Gasteiger charge is -2.10. The van der Waals surface area contributed by atoms with Gasteiger partial charge in [-0.25, -0.2) is 14.3 Å². The van der Waals surface area contributed by atoms with Gasteiger partial charge in [0, 0.05) is 7.05 Å². The number of hydroxylamine groups is 2. The maximum atomic E-state index is 12.0. The van der Waals surface area contributed by atoms with E-state index in [0.717, 1.165) is 4.68 Å². The summed E-state index contributed by atoms with van der Waals surface area (Å²) >= 11 is 0. The second-order valence-corrected chi connectivity index (χ2v) is 4.23. The summed E-state index contributed by atoms with van der Waals surface area (Å²) in [6, 6.07) is 6.08. The number of fused-ring (bicyclic) bond motifs is 1. The van der Waals surface area contributed by atoms with E-state index in [1.165, 1.54) is 19.2 Å². The highest BCUT2D eigenvalue weighted by molar-refractivity contribution is 6.21. The average Bonchev–Trinajstić information content (AvgIpc) is 2.93. The van der Waals surface area contributed by atoms with Crippen LogP contribution >= 0.6 is 0 Å². The molecule has 0 fully saturated rings. The van der Waals surface area contributed by atoms with Gasteiger partial charge in [-0.15, -0.1) is 5.10 Å². The van der Waals surface area contributed by atoms with Crippen molar-refractivity contribution >= 4 is 17.8 Å². The number of H-pyrrole nitrogens is 1. The van der Waals surface area contributed by atoms with Crippen LogP contribution < -0.4 is 5.69 Å². The van der Waals surface area contributed by atoms with Crippen molar-refractivity contribution in [2.45, 2.75) is 0 Å². The third kappa shape index (κ3) is 1.91. The van der Waals surface area contributed by atoms with Crippen molar-refractivity contribution in [2.75, 3.05) is 0 Å². The molecular formula is C12H8N4O5. The molecule has 0 bridgehead atoms. The molecule has 2 aromatic rings. The number of benzene rings is 1. The molecule has 1 aromatic heterocycles. The number of aromatic nitrogens is 3. The average molecular weight is 288 g/mol. The molecule has 21 heavy (non-hydrogen) atoms. The van der Waals surface area contributed by atoms with Gasteiger partial charge in [-0.3, -0.25) is 14.6 Å². The highest BCUT2D eigenvalue weighted by Crippen LogP contribution is 2.22. The van der Waals surface area contributed by atoms with E-state index in [-0.39, 0.29) is 11.1 Å². The Morgan fingerprint density at radius 2 is 1.71 bits per heavy atom. The van der Waals surface area contributed by atoms with Crippen LogP contribution in [0.5, 0.6) is 0 Å². The Hall–Kier alpha value is -3.23. The lowest BCUT2D eigenvalue weighted by molar-refractivity contribution is -0.0592. The molecule has 0 unspecified atom stereocenters. The van der Waals surface area contributed by atoms with Gasteiger partial charge in [0.15, 0.2) is 0 Å². The smallest absolute Gasteiger partial charge is 0.321 e. The molecule has 2 heterocycles. The van der Waals surface area contributed by atoms with Gasteiger partial charge >= 0.3 is 11.7 Å². The number of nitrogens with one attached hydrogen (secondary N) is 1. The zero-order valence-electron chi connectivity index (χ0n) is 10.7. The van der Waals surface area contributed by atoms with Gasteiger partial charge in [0.1, 0.15) is 0 Å². The van der Waals surface area contributed by atoms with Gasteiger partial charge in [0.25, 0.3) is 11.8 Å². The minimum Gasteiger partial charge on any atom is -0.321 e.